The van der Waals surface area contributed by atoms with Gasteiger partial charge in [-0.1, -0.05) is 6.92 Å². The van der Waals surface area contributed by atoms with Gasteiger partial charge < -0.3 is 4.98 Å². The van der Waals surface area contributed by atoms with E-state index < -0.39 is 0 Å². The lowest BCUT2D eigenvalue weighted by Crippen LogP contribution is -2.10. The third kappa shape index (κ3) is 2.61. The Morgan fingerprint density at radius 3 is 2.88 bits per heavy atom. The second-order valence-electron chi connectivity index (χ2n) is 3.91. The van der Waals surface area contributed by atoms with Gasteiger partial charge in [0.25, 0.3) is 5.56 Å². The van der Waals surface area contributed by atoms with E-state index in [0.29, 0.717) is 5.69 Å². The number of rotatable bonds is 4. The van der Waals surface area contributed by atoms with Gasteiger partial charge in [0.05, 0.1) is 11.9 Å². The van der Waals surface area contributed by atoms with Crippen LogP contribution in [0.3, 0.4) is 0 Å². The largest absolute Gasteiger partial charge is 0.311 e. The number of nitrogens with one attached hydrogen (secondary N) is 1. The van der Waals surface area contributed by atoms with E-state index in [4.69, 9.17) is 0 Å². The second kappa shape index (κ2) is 4.95. The molecule has 0 fully saturated rings. The molecular formula is C12H16N4O. The summed E-state index contributed by atoms with van der Waals surface area (Å²) in [6.45, 7) is 4.89. The van der Waals surface area contributed by atoms with E-state index in [-0.39, 0.29) is 5.56 Å². The lowest BCUT2D eigenvalue weighted by atomic mass is 10.2. The lowest BCUT2D eigenvalue weighted by Gasteiger charge is -2.00. The zero-order valence-electron chi connectivity index (χ0n) is 10.1. The van der Waals surface area contributed by atoms with Crippen LogP contribution in [0.25, 0.3) is 11.3 Å². The molecular weight excluding hydrogens is 216 g/mol. The quantitative estimate of drug-likeness (QED) is 0.871. The van der Waals surface area contributed by atoms with Crippen molar-refractivity contribution in [3.63, 3.8) is 0 Å². The van der Waals surface area contributed by atoms with Gasteiger partial charge in [0.2, 0.25) is 0 Å². The number of nitrogens with zero attached hydrogens (tertiary/aromatic N) is 3. The predicted octanol–water partition coefficient (Wildman–Crippen LogP) is 1.61. The van der Waals surface area contributed by atoms with Crippen molar-refractivity contribution < 1.29 is 0 Å². The highest BCUT2D eigenvalue weighted by molar-refractivity contribution is 5.56. The van der Waals surface area contributed by atoms with E-state index in [9.17, 15) is 4.79 Å². The Kier molecular flexibility index (Phi) is 3.37. The van der Waals surface area contributed by atoms with Gasteiger partial charge in [0.1, 0.15) is 5.82 Å². The Balaban J connectivity index is 2.40. The van der Waals surface area contributed by atoms with Crippen LogP contribution >= 0.6 is 0 Å². The molecule has 0 saturated carbocycles. The summed E-state index contributed by atoms with van der Waals surface area (Å²) in [5.74, 6) is 0.735. The first-order valence-electron chi connectivity index (χ1n) is 5.86. The van der Waals surface area contributed by atoms with E-state index >= 15 is 0 Å². The monoisotopic (exact) mass is 232 g/mol. The molecule has 2 aromatic heterocycles. The normalized spacial score (nSPS) is 10.7. The molecule has 0 aliphatic rings. The summed E-state index contributed by atoms with van der Waals surface area (Å²) in [6.07, 6.45) is 5.38. The van der Waals surface area contributed by atoms with Crippen molar-refractivity contribution in [1.29, 1.82) is 0 Å². The van der Waals surface area contributed by atoms with Gasteiger partial charge in [-0.25, -0.2) is 4.98 Å². The van der Waals surface area contributed by atoms with Crippen molar-refractivity contribution in [3.05, 3.63) is 34.6 Å². The number of H-pyrrole nitrogens is 1. The SMILES string of the molecule is CCCc1nc(-c2cnn(CC)c2)cc(=O)[nH]1. The van der Waals surface area contributed by atoms with Gasteiger partial charge >= 0.3 is 0 Å². The molecule has 2 aromatic rings. The fraction of sp³-hybridized carbons (Fsp3) is 0.417. The fourth-order valence-corrected chi connectivity index (χ4v) is 1.68. The summed E-state index contributed by atoms with van der Waals surface area (Å²) in [5, 5.41) is 4.18. The summed E-state index contributed by atoms with van der Waals surface area (Å²) in [6, 6.07) is 1.51. The van der Waals surface area contributed by atoms with Crippen molar-refractivity contribution in [2.24, 2.45) is 0 Å². The van der Waals surface area contributed by atoms with Crippen LogP contribution in [0.15, 0.2) is 23.3 Å². The molecule has 0 amide bonds. The topological polar surface area (TPSA) is 63.6 Å². The highest BCUT2D eigenvalue weighted by Crippen LogP contribution is 2.14. The van der Waals surface area contributed by atoms with E-state index in [1.54, 1.807) is 6.20 Å². The number of hydrogen-bond donors (Lipinski definition) is 1. The molecule has 0 aliphatic carbocycles. The molecule has 0 saturated heterocycles. The van der Waals surface area contributed by atoms with E-state index in [1.807, 2.05) is 17.8 Å². The minimum Gasteiger partial charge on any atom is -0.311 e. The number of aryl methyl sites for hydroxylation is 2. The molecule has 0 radical (unpaired) electrons. The van der Waals surface area contributed by atoms with Crippen molar-refractivity contribution >= 4 is 0 Å². The zero-order valence-corrected chi connectivity index (χ0v) is 10.1. The number of aromatic nitrogens is 4. The Bertz CT molecular complexity index is 556. The first-order chi connectivity index (χ1) is 8.22. The van der Waals surface area contributed by atoms with Crippen LogP contribution < -0.4 is 5.56 Å². The predicted molar refractivity (Wildman–Crippen MR) is 65.7 cm³/mol. The minimum atomic E-state index is -0.109. The average molecular weight is 232 g/mol. The van der Waals surface area contributed by atoms with Crippen molar-refractivity contribution in [3.8, 4) is 11.3 Å². The Labute approximate surface area is 99.5 Å². The van der Waals surface area contributed by atoms with E-state index in [1.165, 1.54) is 6.07 Å². The van der Waals surface area contributed by atoms with Crippen LogP contribution in [0.4, 0.5) is 0 Å². The Morgan fingerprint density at radius 1 is 1.41 bits per heavy atom. The van der Waals surface area contributed by atoms with Crippen molar-refractivity contribution in [2.75, 3.05) is 0 Å². The van der Waals surface area contributed by atoms with Gasteiger partial charge in [0, 0.05) is 30.8 Å². The van der Waals surface area contributed by atoms with E-state index in [0.717, 1.165) is 30.8 Å². The van der Waals surface area contributed by atoms with Crippen molar-refractivity contribution in [1.82, 2.24) is 19.7 Å². The lowest BCUT2D eigenvalue weighted by molar-refractivity contribution is 0.660. The molecule has 0 aliphatic heterocycles. The summed E-state index contributed by atoms with van der Waals surface area (Å²) in [4.78, 5) is 18.7. The Hall–Kier alpha value is -1.91. The standard InChI is InChI=1S/C12H16N4O/c1-3-5-11-14-10(6-12(17)15-11)9-7-13-16(4-2)8-9/h6-8H,3-5H2,1-2H3,(H,14,15,17). The van der Waals surface area contributed by atoms with Crippen LogP contribution in [0, 0.1) is 0 Å². The number of hydrogen-bond acceptors (Lipinski definition) is 3. The van der Waals surface area contributed by atoms with Gasteiger partial charge in [-0.3, -0.25) is 9.48 Å². The molecule has 0 bridgehead atoms. The van der Waals surface area contributed by atoms with Gasteiger partial charge in [-0.05, 0) is 13.3 Å². The molecule has 90 valence electrons. The van der Waals surface area contributed by atoms with Crippen LogP contribution in [-0.2, 0) is 13.0 Å². The molecule has 2 heterocycles. The van der Waals surface area contributed by atoms with Crippen LogP contribution in [-0.4, -0.2) is 19.7 Å². The molecule has 0 aromatic carbocycles. The molecule has 0 unspecified atom stereocenters. The molecule has 0 spiro atoms. The third-order valence-electron chi connectivity index (χ3n) is 2.53. The highest BCUT2D eigenvalue weighted by Gasteiger charge is 2.05. The zero-order chi connectivity index (χ0) is 12.3. The maximum absolute atomic E-state index is 11.5. The van der Waals surface area contributed by atoms with Gasteiger partial charge in [0.15, 0.2) is 0 Å². The van der Waals surface area contributed by atoms with Gasteiger partial charge in [-0.2, -0.15) is 5.10 Å². The van der Waals surface area contributed by atoms with Crippen LogP contribution in [0.2, 0.25) is 0 Å². The molecule has 0 atom stereocenters. The summed E-state index contributed by atoms with van der Waals surface area (Å²) in [5.41, 5.74) is 1.47. The van der Waals surface area contributed by atoms with E-state index in [2.05, 4.69) is 22.0 Å². The summed E-state index contributed by atoms with van der Waals surface area (Å²) in [7, 11) is 0. The van der Waals surface area contributed by atoms with Crippen molar-refractivity contribution in [2.45, 2.75) is 33.2 Å². The molecule has 5 nitrogen and oxygen atoms in total. The first kappa shape index (κ1) is 11.6. The molecule has 2 rings (SSSR count). The maximum atomic E-state index is 11.5. The van der Waals surface area contributed by atoms with Gasteiger partial charge in [-0.15, -0.1) is 0 Å². The average Bonchev–Trinajstić information content (AvgIpc) is 2.77. The highest BCUT2D eigenvalue weighted by atomic mass is 16.1. The smallest absolute Gasteiger partial charge is 0.251 e. The molecule has 17 heavy (non-hydrogen) atoms. The third-order valence-corrected chi connectivity index (χ3v) is 2.53. The fourth-order valence-electron chi connectivity index (χ4n) is 1.68. The maximum Gasteiger partial charge on any atom is 0.251 e. The minimum absolute atomic E-state index is 0.109. The number of aromatic amines is 1. The summed E-state index contributed by atoms with van der Waals surface area (Å²) < 4.78 is 1.82. The molecule has 1 N–H and O–H groups in total. The Morgan fingerprint density at radius 2 is 2.24 bits per heavy atom. The second-order valence-corrected chi connectivity index (χ2v) is 3.91. The van der Waals surface area contributed by atoms with Crippen LogP contribution in [0.5, 0.6) is 0 Å². The molecule has 5 heteroatoms. The first-order valence-corrected chi connectivity index (χ1v) is 5.86. The van der Waals surface area contributed by atoms with Crippen LogP contribution in [0.1, 0.15) is 26.1 Å². The summed E-state index contributed by atoms with van der Waals surface area (Å²) >= 11 is 0.